The highest BCUT2D eigenvalue weighted by atomic mass is 19.1. The zero-order chi connectivity index (χ0) is 24.4. The van der Waals surface area contributed by atoms with Crippen LogP contribution in [0.25, 0.3) is 0 Å². The Bertz CT molecular complexity index is 1220. The van der Waals surface area contributed by atoms with E-state index in [1.54, 1.807) is 34.9 Å². The Kier molecular flexibility index (Phi) is 6.83. The molecule has 3 aromatic rings. The Morgan fingerprint density at radius 1 is 1.18 bits per heavy atom. The summed E-state index contributed by atoms with van der Waals surface area (Å²) in [5.41, 5.74) is 1.17. The first-order valence-corrected chi connectivity index (χ1v) is 11.1. The van der Waals surface area contributed by atoms with Crippen LogP contribution in [0.15, 0.2) is 51.9 Å². The monoisotopic (exact) mass is 471 g/mol. The smallest absolute Gasteiger partial charge is 0.259 e. The lowest BCUT2D eigenvalue weighted by Crippen LogP contribution is -2.34. The summed E-state index contributed by atoms with van der Waals surface area (Å²) in [7, 11) is 3.11. The molecule has 7 nitrogen and oxygen atoms in total. The lowest BCUT2D eigenvalue weighted by Gasteiger charge is -2.26. The van der Waals surface area contributed by atoms with Gasteiger partial charge in [0, 0.05) is 57.5 Å². The molecule has 2 aromatic heterocycles. The highest BCUT2D eigenvalue weighted by Crippen LogP contribution is 2.28. The minimum atomic E-state index is -0.629. The predicted octanol–water partition coefficient (Wildman–Crippen LogP) is 3.62. The molecule has 1 aliphatic rings. The van der Waals surface area contributed by atoms with Crippen molar-refractivity contribution in [2.75, 3.05) is 27.2 Å². The number of pyridine rings is 1. The minimum Gasteiger partial charge on any atom is -0.496 e. The van der Waals surface area contributed by atoms with E-state index < -0.39 is 11.6 Å². The topological polar surface area (TPSA) is 67.9 Å². The number of aromatic nitrogens is 1. The molecule has 0 N–H and O–H groups in total. The van der Waals surface area contributed by atoms with Gasteiger partial charge < -0.3 is 18.6 Å². The summed E-state index contributed by atoms with van der Waals surface area (Å²) in [6, 6.07) is 8.01. The van der Waals surface area contributed by atoms with Crippen LogP contribution >= 0.6 is 0 Å². The second kappa shape index (κ2) is 9.80. The second-order valence-corrected chi connectivity index (χ2v) is 8.44. The van der Waals surface area contributed by atoms with E-state index >= 15 is 0 Å². The molecular formula is C25H27F2N3O4. The number of methoxy groups -OCH3 is 1. The SMILES string of the molecule is COc1cc(=O)n2c(c1C(=O)N(C)C(C)c1ccco1)CCN(Cc1cc(F)cc(F)c1)CC2. The first kappa shape index (κ1) is 23.7. The molecule has 1 amide bonds. The number of hydrogen-bond donors (Lipinski definition) is 0. The third-order valence-corrected chi connectivity index (χ3v) is 6.30. The van der Waals surface area contributed by atoms with Crippen LogP contribution in [0.1, 0.15) is 40.3 Å². The van der Waals surface area contributed by atoms with E-state index in [-0.39, 0.29) is 23.3 Å². The van der Waals surface area contributed by atoms with E-state index in [2.05, 4.69) is 0 Å². The van der Waals surface area contributed by atoms with E-state index in [4.69, 9.17) is 9.15 Å². The summed E-state index contributed by atoms with van der Waals surface area (Å²) >= 11 is 0. The third kappa shape index (κ3) is 4.75. The largest absolute Gasteiger partial charge is 0.496 e. The first-order valence-electron chi connectivity index (χ1n) is 11.1. The maximum absolute atomic E-state index is 13.6. The molecule has 1 aliphatic heterocycles. The van der Waals surface area contributed by atoms with Crippen LogP contribution in [0.4, 0.5) is 8.78 Å². The average Bonchev–Trinajstić information content (AvgIpc) is 3.26. The highest BCUT2D eigenvalue weighted by Gasteiger charge is 2.29. The fourth-order valence-electron chi connectivity index (χ4n) is 4.38. The van der Waals surface area contributed by atoms with Gasteiger partial charge in [0.2, 0.25) is 0 Å². The van der Waals surface area contributed by atoms with E-state index in [1.165, 1.54) is 25.3 Å². The van der Waals surface area contributed by atoms with E-state index in [1.807, 2.05) is 11.8 Å². The molecule has 1 unspecified atom stereocenters. The number of halogens is 2. The van der Waals surface area contributed by atoms with Crippen molar-refractivity contribution in [3.63, 3.8) is 0 Å². The van der Waals surface area contributed by atoms with Gasteiger partial charge in [-0.15, -0.1) is 0 Å². The Labute approximate surface area is 196 Å². The fourth-order valence-corrected chi connectivity index (χ4v) is 4.38. The van der Waals surface area contributed by atoms with Gasteiger partial charge in [-0.1, -0.05) is 0 Å². The molecule has 0 fully saturated rings. The number of hydrogen-bond acceptors (Lipinski definition) is 5. The lowest BCUT2D eigenvalue weighted by atomic mass is 10.1. The molecule has 0 aliphatic carbocycles. The van der Waals surface area contributed by atoms with Gasteiger partial charge in [0.15, 0.2) is 0 Å². The molecule has 1 atom stereocenters. The Morgan fingerprint density at radius 2 is 1.91 bits per heavy atom. The maximum Gasteiger partial charge on any atom is 0.259 e. The molecule has 34 heavy (non-hydrogen) atoms. The van der Waals surface area contributed by atoms with Crippen LogP contribution in [-0.4, -0.2) is 47.5 Å². The Hall–Kier alpha value is -3.46. The summed E-state index contributed by atoms with van der Waals surface area (Å²) in [5.74, 6) is -0.681. The van der Waals surface area contributed by atoms with Crippen LogP contribution in [0, 0.1) is 11.6 Å². The maximum atomic E-state index is 13.6. The van der Waals surface area contributed by atoms with Gasteiger partial charge in [-0.25, -0.2) is 8.78 Å². The predicted molar refractivity (Wildman–Crippen MR) is 122 cm³/mol. The number of amides is 1. The van der Waals surface area contributed by atoms with Crippen LogP contribution in [-0.2, 0) is 19.5 Å². The number of nitrogens with zero attached hydrogens (tertiary/aromatic N) is 3. The quantitative estimate of drug-likeness (QED) is 0.550. The molecule has 180 valence electrons. The van der Waals surface area contributed by atoms with Crippen molar-refractivity contribution in [2.45, 2.75) is 32.5 Å². The van der Waals surface area contributed by atoms with Gasteiger partial charge in [0.05, 0.1) is 19.4 Å². The summed E-state index contributed by atoms with van der Waals surface area (Å²) in [4.78, 5) is 30.0. The van der Waals surface area contributed by atoms with Gasteiger partial charge >= 0.3 is 0 Å². The van der Waals surface area contributed by atoms with Crippen molar-refractivity contribution in [1.82, 2.24) is 14.4 Å². The van der Waals surface area contributed by atoms with Crippen molar-refractivity contribution >= 4 is 5.91 Å². The molecule has 0 saturated heterocycles. The van der Waals surface area contributed by atoms with Crippen molar-refractivity contribution in [1.29, 1.82) is 0 Å². The summed E-state index contributed by atoms with van der Waals surface area (Å²) in [6.45, 7) is 3.52. The molecule has 0 radical (unpaired) electrons. The number of furan rings is 1. The zero-order valence-electron chi connectivity index (χ0n) is 19.4. The van der Waals surface area contributed by atoms with Crippen molar-refractivity contribution in [3.8, 4) is 5.75 Å². The third-order valence-electron chi connectivity index (χ3n) is 6.30. The molecule has 0 bridgehead atoms. The van der Waals surface area contributed by atoms with Crippen LogP contribution in [0.3, 0.4) is 0 Å². The zero-order valence-corrected chi connectivity index (χ0v) is 19.4. The number of fused-ring (bicyclic) bond motifs is 1. The molecule has 9 heteroatoms. The molecular weight excluding hydrogens is 444 g/mol. The van der Waals surface area contributed by atoms with Gasteiger partial charge in [0.1, 0.15) is 28.7 Å². The normalized spacial score (nSPS) is 14.9. The molecule has 4 rings (SSSR count). The number of carbonyl (C=O) groups excluding carboxylic acids is 1. The molecule has 3 heterocycles. The minimum absolute atomic E-state index is 0.223. The lowest BCUT2D eigenvalue weighted by molar-refractivity contribution is 0.0720. The first-order chi connectivity index (χ1) is 16.3. The van der Waals surface area contributed by atoms with E-state index in [0.29, 0.717) is 55.2 Å². The van der Waals surface area contributed by atoms with E-state index in [9.17, 15) is 18.4 Å². The number of benzene rings is 1. The summed E-state index contributed by atoms with van der Waals surface area (Å²) in [5, 5.41) is 0. The number of ether oxygens (including phenoxy) is 1. The second-order valence-electron chi connectivity index (χ2n) is 8.44. The molecule has 0 spiro atoms. The van der Waals surface area contributed by atoms with Crippen molar-refractivity contribution < 1.29 is 22.7 Å². The summed E-state index contributed by atoms with van der Waals surface area (Å²) in [6.07, 6.45) is 1.95. The Morgan fingerprint density at radius 3 is 2.56 bits per heavy atom. The van der Waals surface area contributed by atoms with Gasteiger partial charge in [-0.3, -0.25) is 14.5 Å². The standard InChI is InChI=1S/C25H27F2N3O4/c1-16(21-5-4-10-34-21)28(2)25(32)24-20-6-7-29(15-17-11-18(26)13-19(27)12-17)8-9-30(20)23(31)14-22(24)33-3/h4-5,10-14,16H,6-9,15H2,1-3H3. The van der Waals surface area contributed by atoms with E-state index in [0.717, 1.165) is 6.07 Å². The summed E-state index contributed by atoms with van der Waals surface area (Å²) < 4.78 is 39.8. The van der Waals surface area contributed by atoms with Crippen molar-refractivity contribution in [2.24, 2.45) is 0 Å². The van der Waals surface area contributed by atoms with Crippen LogP contribution in [0.2, 0.25) is 0 Å². The van der Waals surface area contributed by atoms with Crippen molar-refractivity contribution in [3.05, 3.63) is 87.2 Å². The van der Waals surface area contributed by atoms with Gasteiger partial charge in [-0.05, 0) is 36.8 Å². The number of rotatable bonds is 6. The van der Waals surface area contributed by atoms with Crippen LogP contribution in [0.5, 0.6) is 5.75 Å². The number of carbonyl (C=O) groups is 1. The van der Waals surface area contributed by atoms with Gasteiger partial charge in [-0.2, -0.15) is 0 Å². The fraction of sp³-hybridized carbons (Fsp3) is 0.360. The van der Waals surface area contributed by atoms with Crippen LogP contribution < -0.4 is 10.3 Å². The molecule has 1 aromatic carbocycles. The van der Waals surface area contributed by atoms with Gasteiger partial charge in [0.25, 0.3) is 11.5 Å². The average molecular weight is 472 g/mol. The highest BCUT2D eigenvalue weighted by molar-refractivity contribution is 5.98. The molecule has 0 saturated carbocycles. The Balaban J connectivity index is 1.64.